The maximum atomic E-state index is 14.1. The first-order chi connectivity index (χ1) is 17.6. The Bertz CT molecular complexity index is 1180. The van der Waals surface area contributed by atoms with Crippen LogP contribution in [0, 0.1) is 5.92 Å². The average Bonchev–Trinajstić information content (AvgIpc) is 3.49. The topological polar surface area (TPSA) is 87.6 Å². The number of nitrogens with two attached hydrogens (primary N) is 2. The molecular weight excluding hydrogens is 499 g/mol. The number of allylic oxidation sites excluding steroid dienone is 2. The lowest BCUT2D eigenvalue weighted by atomic mass is 9.98. The van der Waals surface area contributed by atoms with E-state index < -0.39 is 17.6 Å². The minimum atomic E-state index is -4.55. The summed E-state index contributed by atoms with van der Waals surface area (Å²) in [5, 5.41) is 8.93. The Kier molecular flexibility index (Phi) is 8.52. The lowest BCUT2D eigenvalue weighted by molar-refractivity contribution is -0.138. The molecule has 200 valence electrons. The third-order valence-corrected chi connectivity index (χ3v) is 7.80. The molecule has 6 nitrogen and oxygen atoms in total. The second-order valence-electron chi connectivity index (χ2n) is 9.99. The van der Waals surface area contributed by atoms with Gasteiger partial charge in [-0.2, -0.15) is 13.2 Å². The molecule has 1 unspecified atom stereocenters. The van der Waals surface area contributed by atoms with Crippen molar-refractivity contribution in [2.24, 2.45) is 16.8 Å². The predicted molar refractivity (Wildman–Crippen MR) is 143 cm³/mol. The Morgan fingerprint density at radius 3 is 2.70 bits per heavy atom. The van der Waals surface area contributed by atoms with Crippen molar-refractivity contribution in [3.05, 3.63) is 74.8 Å². The number of halogens is 3. The highest BCUT2D eigenvalue weighted by Crippen LogP contribution is 2.40. The van der Waals surface area contributed by atoms with Gasteiger partial charge in [-0.25, -0.2) is 0 Å². The molecule has 2 heterocycles. The molecule has 2 aliphatic heterocycles. The van der Waals surface area contributed by atoms with Gasteiger partial charge in [-0.05, 0) is 93.3 Å². The number of hydrogen-bond donors (Lipinski definition) is 3. The number of nitrogens with zero attached hydrogens (tertiary/aromatic N) is 2. The van der Waals surface area contributed by atoms with E-state index >= 15 is 0 Å². The van der Waals surface area contributed by atoms with Crippen LogP contribution >= 0.6 is 11.9 Å². The van der Waals surface area contributed by atoms with E-state index in [4.69, 9.17) is 10.9 Å². The molecule has 0 radical (unpaired) electrons. The number of nitrogens with one attached hydrogen (secondary N) is 1. The number of benzene rings is 2. The van der Waals surface area contributed by atoms with Crippen molar-refractivity contribution >= 4 is 23.5 Å². The highest BCUT2D eigenvalue weighted by molar-refractivity contribution is 8.00. The van der Waals surface area contributed by atoms with E-state index in [1.54, 1.807) is 24.3 Å². The summed E-state index contributed by atoms with van der Waals surface area (Å²) in [6.45, 7) is 4.85. The van der Waals surface area contributed by atoms with Gasteiger partial charge in [0, 0.05) is 34.8 Å². The molecule has 2 aliphatic rings. The van der Waals surface area contributed by atoms with Crippen molar-refractivity contribution in [2.45, 2.75) is 45.5 Å². The number of rotatable bonds is 9. The first-order valence-corrected chi connectivity index (χ1v) is 13.3. The standard InChI is InChI=1S/C27H34F3N5OS/c1-17(37-32)25(31)13-19-4-3-5-21(10-19)35-16-23-22(26(35)36)11-20(12-24(23)27(28,29)30)15-34(2)9-7-18-6-8-33-14-18/h3-5,10-12,18,33H,6-9,13-16,31-32H2,1-2H3/b25-17-. The molecule has 0 bridgehead atoms. The summed E-state index contributed by atoms with van der Waals surface area (Å²) in [4.78, 5) is 17.6. The highest BCUT2D eigenvalue weighted by atomic mass is 32.2. The fraction of sp³-hybridized carbons (Fsp3) is 0.444. The van der Waals surface area contributed by atoms with Gasteiger partial charge in [-0.3, -0.25) is 9.93 Å². The second kappa shape index (κ2) is 11.5. The van der Waals surface area contributed by atoms with E-state index in [2.05, 4.69) is 5.32 Å². The van der Waals surface area contributed by atoms with Crippen LogP contribution in [0.5, 0.6) is 0 Å². The van der Waals surface area contributed by atoms with Crippen LogP contribution in [0.25, 0.3) is 0 Å². The Labute approximate surface area is 220 Å². The zero-order chi connectivity index (χ0) is 26.7. The normalized spacial score (nSPS) is 18.5. The van der Waals surface area contributed by atoms with Crippen LogP contribution in [-0.2, 0) is 25.7 Å². The van der Waals surface area contributed by atoms with Gasteiger partial charge in [0.2, 0.25) is 0 Å². The van der Waals surface area contributed by atoms with Crippen LogP contribution in [0.4, 0.5) is 18.9 Å². The van der Waals surface area contributed by atoms with Crippen LogP contribution in [0.2, 0.25) is 0 Å². The summed E-state index contributed by atoms with van der Waals surface area (Å²) in [7, 11) is 1.91. The van der Waals surface area contributed by atoms with Gasteiger partial charge in [-0.1, -0.05) is 24.1 Å². The molecule has 37 heavy (non-hydrogen) atoms. The largest absolute Gasteiger partial charge is 0.416 e. The lowest BCUT2D eigenvalue weighted by Crippen LogP contribution is -2.23. The number of fused-ring (bicyclic) bond motifs is 1. The van der Waals surface area contributed by atoms with Crippen molar-refractivity contribution in [1.29, 1.82) is 0 Å². The van der Waals surface area contributed by atoms with E-state index in [-0.39, 0.29) is 17.7 Å². The zero-order valence-corrected chi connectivity index (χ0v) is 22.0. The Morgan fingerprint density at radius 1 is 1.24 bits per heavy atom. The number of carbonyl (C=O) groups is 1. The molecule has 0 aliphatic carbocycles. The van der Waals surface area contributed by atoms with E-state index in [1.165, 1.54) is 11.0 Å². The summed E-state index contributed by atoms with van der Waals surface area (Å²) in [6.07, 6.45) is -2.00. The fourth-order valence-electron chi connectivity index (χ4n) is 5.03. The van der Waals surface area contributed by atoms with E-state index in [0.29, 0.717) is 35.8 Å². The Balaban J connectivity index is 1.57. The Morgan fingerprint density at radius 2 is 2.03 bits per heavy atom. The van der Waals surface area contributed by atoms with Crippen LogP contribution < -0.4 is 21.1 Å². The summed E-state index contributed by atoms with van der Waals surface area (Å²) >= 11 is 1.07. The van der Waals surface area contributed by atoms with Crippen LogP contribution in [0.15, 0.2) is 47.0 Å². The molecule has 5 N–H and O–H groups in total. The van der Waals surface area contributed by atoms with E-state index in [1.807, 2.05) is 24.9 Å². The molecule has 0 saturated carbocycles. The van der Waals surface area contributed by atoms with Gasteiger partial charge in [-0.15, -0.1) is 0 Å². The minimum absolute atomic E-state index is 0.0288. The van der Waals surface area contributed by atoms with Gasteiger partial charge >= 0.3 is 6.18 Å². The average molecular weight is 534 g/mol. The molecule has 10 heteroatoms. The van der Waals surface area contributed by atoms with Crippen LogP contribution in [-0.4, -0.2) is 37.5 Å². The van der Waals surface area contributed by atoms with Gasteiger partial charge in [0.05, 0.1) is 12.1 Å². The highest BCUT2D eigenvalue weighted by Gasteiger charge is 2.40. The van der Waals surface area contributed by atoms with Gasteiger partial charge in [0.1, 0.15) is 0 Å². The van der Waals surface area contributed by atoms with Gasteiger partial charge in [0.15, 0.2) is 0 Å². The summed E-state index contributed by atoms with van der Waals surface area (Å²) in [5.41, 5.74) is 8.02. The van der Waals surface area contributed by atoms with Gasteiger partial charge < -0.3 is 20.9 Å². The van der Waals surface area contributed by atoms with Crippen molar-refractivity contribution in [2.75, 3.05) is 31.6 Å². The van der Waals surface area contributed by atoms with Crippen molar-refractivity contribution in [3.8, 4) is 0 Å². The third kappa shape index (κ3) is 6.49. The molecule has 4 rings (SSSR count). The van der Waals surface area contributed by atoms with Crippen molar-refractivity contribution < 1.29 is 18.0 Å². The summed E-state index contributed by atoms with van der Waals surface area (Å²) in [5.74, 6) is 0.180. The van der Waals surface area contributed by atoms with Crippen LogP contribution in [0.3, 0.4) is 0 Å². The summed E-state index contributed by atoms with van der Waals surface area (Å²) < 4.78 is 42.3. The fourth-order valence-corrected chi connectivity index (χ4v) is 5.25. The zero-order valence-electron chi connectivity index (χ0n) is 21.2. The third-order valence-electron chi connectivity index (χ3n) is 7.19. The molecule has 2 aromatic rings. The second-order valence-corrected chi connectivity index (χ2v) is 10.8. The van der Waals surface area contributed by atoms with Crippen molar-refractivity contribution in [3.63, 3.8) is 0 Å². The molecule has 0 spiro atoms. The number of alkyl halides is 3. The maximum Gasteiger partial charge on any atom is 0.416 e. The number of carbonyl (C=O) groups excluding carboxylic acids is 1. The molecule has 1 amide bonds. The molecule has 0 aromatic heterocycles. The number of anilines is 1. The quantitative estimate of drug-likeness (QED) is 0.407. The lowest BCUT2D eigenvalue weighted by Gasteiger charge is -2.20. The molecule has 1 atom stereocenters. The number of amides is 1. The van der Waals surface area contributed by atoms with Crippen LogP contribution in [0.1, 0.15) is 52.4 Å². The maximum absolute atomic E-state index is 14.1. The smallest absolute Gasteiger partial charge is 0.401 e. The number of hydrogen-bond acceptors (Lipinski definition) is 6. The SMILES string of the molecule is C/C(SN)=C(/N)Cc1cccc(N2Cc3c(cc(CN(C)CCC4CCNC4)cc3C(F)(F)F)C2=O)c1. The molecule has 1 saturated heterocycles. The van der Waals surface area contributed by atoms with E-state index in [0.717, 1.165) is 54.9 Å². The first kappa shape index (κ1) is 27.5. The van der Waals surface area contributed by atoms with Crippen molar-refractivity contribution in [1.82, 2.24) is 10.2 Å². The first-order valence-electron chi connectivity index (χ1n) is 12.4. The Hall–Kier alpha value is -2.53. The minimum Gasteiger partial charge on any atom is -0.401 e. The predicted octanol–water partition coefficient (Wildman–Crippen LogP) is 4.64. The monoisotopic (exact) mass is 533 g/mol. The van der Waals surface area contributed by atoms with E-state index in [9.17, 15) is 18.0 Å². The van der Waals surface area contributed by atoms with Gasteiger partial charge in [0.25, 0.3) is 5.91 Å². The molecular formula is C27H34F3N5OS. The molecule has 1 fully saturated rings. The summed E-state index contributed by atoms with van der Waals surface area (Å²) in [6, 6.07) is 10.0. The molecule has 2 aromatic carbocycles.